The zero-order valence-electron chi connectivity index (χ0n) is 14.9. The predicted octanol–water partition coefficient (Wildman–Crippen LogP) is 3.35. The Kier molecular flexibility index (Phi) is 4.60. The maximum Gasteiger partial charge on any atom is 0.230 e. The van der Waals surface area contributed by atoms with Crippen LogP contribution in [0.4, 0.5) is 5.69 Å². The third kappa shape index (κ3) is 3.25. The fraction of sp³-hybridized carbons (Fsp3) is 0.235. The van der Waals surface area contributed by atoms with Crippen molar-refractivity contribution < 1.29 is 17.9 Å². The van der Waals surface area contributed by atoms with E-state index in [1.54, 1.807) is 16.9 Å². The van der Waals surface area contributed by atoms with E-state index in [0.717, 1.165) is 5.69 Å². The molecule has 4 rings (SSSR count). The van der Waals surface area contributed by atoms with E-state index < -0.39 is 10.0 Å². The van der Waals surface area contributed by atoms with Crippen LogP contribution in [0.1, 0.15) is 13.0 Å². The maximum absolute atomic E-state index is 12.8. The van der Waals surface area contributed by atoms with Crippen LogP contribution in [0.15, 0.2) is 41.7 Å². The lowest BCUT2D eigenvalue weighted by Gasteiger charge is -2.23. The number of ether oxygens (including phenoxy) is 2. The van der Waals surface area contributed by atoms with E-state index in [-0.39, 0.29) is 27.5 Å². The van der Waals surface area contributed by atoms with Crippen molar-refractivity contribution in [3.63, 3.8) is 0 Å². The quantitative estimate of drug-likeness (QED) is 0.636. The standard InChI is InChI=1S/C17H15ClN5O4S/c1-10-9-27-16-13(14-3-4-21-23(10)14)6-12(8-20-16)22-28(24,25)15-5-11(18)7-19-17(15)26-2/h3-8,10H,9H2,1-2H3/q-1/t10-/m0/s1. The van der Waals surface area contributed by atoms with Gasteiger partial charge in [-0.3, -0.25) is 4.68 Å². The molecule has 0 saturated heterocycles. The Morgan fingerprint density at radius 1 is 1.32 bits per heavy atom. The van der Waals surface area contributed by atoms with Crippen molar-refractivity contribution in [1.82, 2.24) is 19.7 Å². The van der Waals surface area contributed by atoms with Crippen LogP contribution in [0.5, 0.6) is 11.8 Å². The Morgan fingerprint density at radius 3 is 2.93 bits per heavy atom. The van der Waals surface area contributed by atoms with Gasteiger partial charge in [-0.15, -0.1) is 5.69 Å². The summed E-state index contributed by atoms with van der Waals surface area (Å²) in [7, 11) is -2.82. The van der Waals surface area contributed by atoms with Crippen molar-refractivity contribution in [1.29, 1.82) is 0 Å². The molecule has 3 aromatic heterocycles. The highest BCUT2D eigenvalue weighted by Gasteiger charge is 2.22. The zero-order chi connectivity index (χ0) is 19.9. The van der Waals surface area contributed by atoms with E-state index in [9.17, 15) is 8.42 Å². The van der Waals surface area contributed by atoms with Gasteiger partial charge in [-0.25, -0.2) is 18.4 Å². The van der Waals surface area contributed by atoms with Crippen LogP contribution in [-0.2, 0) is 10.0 Å². The molecule has 11 heteroatoms. The molecule has 0 unspecified atom stereocenters. The summed E-state index contributed by atoms with van der Waals surface area (Å²) >= 11 is 5.89. The van der Waals surface area contributed by atoms with Crippen LogP contribution >= 0.6 is 11.6 Å². The average Bonchev–Trinajstić information content (AvgIpc) is 3.11. The molecule has 9 nitrogen and oxygen atoms in total. The lowest BCUT2D eigenvalue weighted by Crippen LogP contribution is -2.13. The molecule has 1 aliphatic rings. The van der Waals surface area contributed by atoms with Crippen molar-refractivity contribution in [3.05, 3.63) is 46.5 Å². The van der Waals surface area contributed by atoms with Gasteiger partial charge in [-0.1, -0.05) is 17.7 Å². The van der Waals surface area contributed by atoms with Gasteiger partial charge in [0.1, 0.15) is 21.5 Å². The first-order chi connectivity index (χ1) is 13.4. The van der Waals surface area contributed by atoms with E-state index in [1.807, 2.05) is 13.0 Å². The zero-order valence-corrected chi connectivity index (χ0v) is 16.5. The topological polar surface area (TPSA) is 110 Å². The minimum Gasteiger partial charge on any atom is -0.571 e. The van der Waals surface area contributed by atoms with Crippen molar-refractivity contribution >= 4 is 27.3 Å². The van der Waals surface area contributed by atoms with E-state index in [1.165, 1.54) is 25.6 Å². The van der Waals surface area contributed by atoms with Gasteiger partial charge in [0.2, 0.25) is 11.8 Å². The number of pyridine rings is 2. The highest BCUT2D eigenvalue weighted by Crippen LogP contribution is 2.39. The van der Waals surface area contributed by atoms with Gasteiger partial charge in [0.05, 0.1) is 29.4 Å². The van der Waals surface area contributed by atoms with Crippen LogP contribution in [-0.4, -0.2) is 41.9 Å². The molecule has 28 heavy (non-hydrogen) atoms. The van der Waals surface area contributed by atoms with Gasteiger partial charge in [-0.2, -0.15) is 5.10 Å². The summed E-state index contributed by atoms with van der Waals surface area (Å²) in [5, 5.41) is 4.46. The Balaban J connectivity index is 1.74. The van der Waals surface area contributed by atoms with Crippen molar-refractivity contribution in [2.75, 3.05) is 13.7 Å². The Hall–Kier alpha value is -2.85. The van der Waals surface area contributed by atoms with E-state index in [0.29, 0.717) is 18.1 Å². The summed E-state index contributed by atoms with van der Waals surface area (Å²) in [6, 6.07) is 4.65. The number of hydrogen-bond donors (Lipinski definition) is 0. The first-order valence-electron chi connectivity index (χ1n) is 8.23. The Bertz CT molecular complexity index is 1150. The Labute approximate surface area is 166 Å². The summed E-state index contributed by atoms with van der Waals surface area (Å²) in [5.41, 5.74) is 1.50. The molecule has 1 atom stereocenters. The van der Waals surface area contributed by atoms with E-state index >= 15 is 0 Å². The van der Waals surface area contributed by atoms with Gasteiger partial charge >= 0.3 is 0 Å². The van der Waals surface area contributed by atoms with Gasteiger partial charge in [0.25, 0.3) is 0 Å². The van der Waals surface area contributed by atoms with Gasteiger partial charge < -0.3 is 14.2 Å². The monoisotopic (exact) mass is 420 g/mol. The second-order valence-electron chi connectivity index (χ2n) is 6.09. The molecular formula is C17H15ClN5O4S-. The lowest BCUT2D eigenvalue weighted by atomic mass is 10.2. The minimum absolute atomic E-state index is 0.00474. The summed E-state index contributed by atoms with van der Waals surface area (Å²) < 4.78 is 42.0. The van der Waals surface area contributed by atoms with Crippen LogP contribution in [0.3, 0.4) is 0 Å². The highest BCUT2D eigenvalue weighted by atomic mass is 35.5. The number of halogens is 1. The number of sulfonamides is 1. The molecule has 0 bridgehead atoms. The second-order valence-corrected chi connectivity index (χ2v) is 8.10. The molecule has 1 aliphatic heterocycles. The third-order valence-corrected chi connectivity index (χ3v) is 5.65. The SMILES string of the molecule is COc1ncc(Cl)cc1S(=O)(=O)[N-]c1cnc2c(c1)-c1ccnn1[C@@H](C)CO2. The first kappa shape index (κ1) is 18.5. The molecule has 0 N–H and O–H groups in total. The molecule has 146 valence electrons. The predicted molar refractivity (Wildman–Crippen MR) is 102 cm³/mol. The second kappa shape index (κ2) is 6.95. The molecule has 0 amide bonds. The lowest BCUT2D eigenvalue weighted by molar-refractivity contribution is 0.252. The summed E-state index contributed by atoms with van der Waals surface area (Å²) in [4.78, 5) is 7.88. The number of aromatic nitrogens is 4. The van der Waals surface area contributed by atoms with Crippen molar-refractivity contribution in [2.45, 2.75) is 17.9 Å². The molecule has 0 radical (unpaired) electrons. The highest BCUT2D eigenvalue weighted by molar-refractivity contribution is 7.94. The molecule has 0 saturated carbocycles. The average molecular weight is 421 g/mol. The number of rotatable bonds is 4. The van der Waals surface area contributed by atoms with Gasteiger partial charge in [0.15, 0.2) is 0 Å². The number of fused-ring (bicyclic) bond motifs is 3. The molecule has 0 aliphatic carbocycles. The summed E-state index contributed by atoms with van der Waals surface area (Å²) in [5.74, 6) is 0.301. The van der Waals surface area contributed by atoms with Crippen LogP contribution in [0.2, 0.25) is 5.02 Å². The number of nitrogens with zero attached hydrogens (tertiary/aromatic N) is 5. The number of methoxy groups -OCH3 is 1. The number of hydrogen-bond acceptors (Lipinski definition) is 7. The van der Waals surface area contributed by atoms with E-state index in [2.05, 4.69) is 19.8 Å². The van der Waals surface area contributed by atoms with Crippen LogP contribution in [0.25, 0.3) is 16.0 Å². The minimum atomic E-state index is -4.14. The fourth-order valence-electron chi connectivity index (χ4n) is 2.87. The van der Waals surface area contributed by atoms with Crippen molar-refractivity contribution in [3.8, 4) is 23.0 Å². The van der Waals surface area contributed by atoms with E-state index in [4.69, 9.17) is 21.1 Å². The molecule has 0 spiro atoms. The first-order valence-corrected chi connectivity index (χ1v) is 10.0. The van der Waals surface area contributed by atoms with Gasteiger partial charge in [0, 0.05) is 18.6 Å². The molecular weight excluding hydrogens is 406 g/mol. The fourth-order valence-corrected chi connectivity index (χ4v) is 4.20. The van der Waals surface area contributed by atoms with Gasteiger partial charge in [-0.05, 0) is 19.1 Å². The maximum atomic E-state index is 12.8. The molecule has 0 fully saturated rings. The molecule has 3 aromatic rings. The Morgan fingerprint density at radius 2 is 2.14 bits per heavy atom. The largest absolute Gasteiger partial charge is 0.571 e. The molecule has 4 heterocycles. The summed E-state index contributed by atoms with van der Waals surface area (Å²) in [6.45, 7) is 2.37. The van der Waals surface area contributed by atoms with Crippen molar-refractivity contribution in [2.24, 2.45) is 0 Å². The smallest absolute Gasteiger partial charge is 0.230 e. The molecule has 0 aromatic carbocycles. The van der Waals surface area contributed by atoms with Crippen LogP contribution in [0, 0.1) is 0 Å². The normalized spacial score (nSPS) is 15.8. The third-order valence-electron chi connectivity index (χ3n) is 4.14. The summed E-state index contributed by atoms with van der Waals surface area (Å²) in [6.07, 6.45) is 4.30. The van der Waals surface area contributed by atoms with Crippen LogP contribution < -0.4 is 9.47 Å².